The van der Waals surface area contributed by atoms with Crippen molar-refractivity contribution in [2.24, 2.45) is 5.92 Å². The summed E-state index contributed by atoms with van der Waals surface area (Å²) in [5.41, 5.74) is 0.458. The van der Waals surface area contributed by atoms with Gasteiger partial charge in [-0.2, -0.15) is 8.78 Å². The molecule has 39 heavy (non-hydrogen) atoms. The first-order valence-corrected chi connectivity index (χ1v) is 13.5. The van der Waals surface area contributed by atoms with E-state index in [0.717, 1.165) is 31.7 Å². The summed E-state index contributed by atoms with van der Waals surface area (Å²) < 4.78 is 88.9. The third kappa shape index (κ3) is 6.65. The Labute approximate surface area is 225 Å². The van der Waals surface area contributed by atoms with E-state index < -0.39 is 29.1 Å². The molecule has 0 heterocycles. The molecule has 4 rings (SSSR count). The maximum atomic E-state index is 14.8. The van der Waals surface area contributed by atoms with E-state index in [1.165, 1.54) is 30.3 Å². The molecular formula is C31H33F5O3. The lowest BCUT2D eigenvalue weighted by Crippen LogP contribution is -2.20. The maximum Gasteiger partial charge on any atom is 0.201 e. The highest BCUT2D eigenvalue weighted by Crippen LogP contribution is 2.39. The highest BCUT2D eigenvalue weighted by molar-refractivity contribution is 5.66. The number of ether oxygens (including phenoxy) is 3. The molecule has 0 amide bonds. The van der Waals surface area contributed by atoms with Gasteiger partial charge in [-0.1, -0.05) is 25.5 Å². The molecule has 1 aliphatic carbocycles. The second kappa shape index (κ2) is 13.2. The fourth-order valence-electron chi connectivity index (χ4n) is 4.95. The fourth-order valence-corrected chi connectivity index (χ4v) is 4.95. The molecule has 1 saturated carbocycles. The molecule has 1 fully saturated rings. The molecule has 0 aliphatic heterocycles. The van der Waals surface area contributed by atoms with Crippen molar-refractivity contribution in [2.45, 2.75) is 58.3 Å². The SMILES string of the molecule is CCCCOc1ccc(-c2ccc(OC[C@H]3CC[C@H](c4ccc(OCC)c(F)c4F)CC3)c(F)c2)c(F)c1F. The van der Waals surface area contributed by atoms with Crippen LogP contribution in [0.1, 0.15) is 63.9 Å². The van der Waals surface area contributed by atoms with Gasteiger partial charge in [0.25, 0.3) is 0 Å². The van der Waals surface area contributed by atoms with Gasteiger partial charge in [0, 0.05) is 5.56 Å². The van der Waals surface area contributed by atoms with Crippen molar-refractivity contribution in [1.82, 2.24) is 0 Å². The third-order valence-corrected chi connectivity index (χ3v) is 7.18. The largest absolute Gasteiger partial charge is 0.491 e. The van der Waals surface area contributed by atoms with Gasteiger partial charge in [0.2, 0.25) is 11.6 Å². The van der Waals surface area contributed by atoms with Crippen LogP contribution >= 0.6 is 0 Å². The molecule has 0 radical (unpaired) electrons. The van der Waals surface area contributed by atoms with Gasteiger partial charge in [0.1, 0.15) is 0 Å². The Morgan fingerprint density at radius 2 is 1.36 bits per heavy atom. The van der Waals surface area contributed by atoms with E-state index in [0.29, 0.717) is 18.4 Å². The molecule has 210 valence electrons. The quantitative estimate of drug-likeness (QED) is 0.177. The summed E-state index contributed by atoms with van der Waals surface area (Å²) in [6, 6.07) is 9.76. The number of halogens is 5. The molecule has 3 aromatic rings. The first kappa shape index (κ1) is 28.7. The van der Waals surface area contributed by atoms with Crippen molar-refractivity contribution in [2.75, 3.05) is 19.8 Å². The smallest absolute Gasteiger partial charge is 0.201 e. The average molecular weight is 549 g/mol. The molecule has 8 heteroatoms. The van der Waals surface area contributed by atoms with Crippen molar-refractivity contribution in [3.63, 3.8) is 0 Å². The zero-order valence-corrected chi connectivity index (χ0v) is 22.2. The third-order valence-electron chi connectivity index (χ3n) is 7.18. The van der Waals surface area contributed by atoms with Gasteiger partial charge in [-0.25, -0.2) is 13.2 Å². The summed E-state index contributed by atoms with van der Waals surface area (Å²) in [7, 11) is 0. The number of benzene rings is 3. The van der Waals surface area contributed by atoms with Crippen LogP contribution in [-0.4, -0.2) is 19.8 Å². The van der Waals surface area contributed by atoms with Gasteiger partial charge in [0.15, 0.2) is 34.7 Å². The Balaban J connectivity index is 1.34. The second-order valence-corrected chi connectivity index (χ2v) is 9.83. The predicted molar refractivity (Wildman–Crippen MR) is 140 cm³/mol. The van der Waals surface area contributed by atoms with E-state index >= 15 is 0 Å². The molecule has 0 atom stereocenters. The molecular weight excluding hydrogens is 515 g/mol. The van der Waals surface area contributed by atoms with E-state index in [2.05, 4.69) is 0 Å². The first-order chi connectivity index (χ1) is 18.8. The summed E-state index contributed by atoms with van der Waals surface area (Å²) in [6.07, 6.45) is 4.33. The van der Waals surface area contributed by atoms with Crippen LogP contribution in [0.25, 0.3) is 11.1 Å². The van der Waals surface area contributed by atoms with Crippen molar-refractivity contribution in [3.8, 4) is 28.4 Å². The van der Waals surface area contributed by atoms with Gasteiger partial charge >= 0.3 is 0 Å². The number of hydrogen-bond donors (Lipinski definition) is 0. The Bertz CT molecular complexity index is 1270. The summed E-state index contributed by atoms with van der Waals surface area (Å²) in [6.45, 7) is 4.47. The Morgan fingerprint density at radius 3 is 2.05 bits per heavy atom. The van der Waals surface area contributed by atoms with Crippen LogP contribution in [0.15, 0.2) is 42.5 Å². The Kier molecular flexibility index (Phi) is 9.70. The van der Waals surface area contributed by atoms with Crippen LogP contribution in [0.2, 0.25) is 0 Å². The normalized spacial score (nSPS) is 17.2. The Hall–Kier alpha value is -3.29. The van der Waals surface area contributed by atoms with E-state index in [4.69, 9.17) is 14.2 Å². The van der Waals surface area contributed by atoms with Crippen molar-refractivity contribution in [1.29, 1.82) is 0 Å². The highest BCUT2D eigenvalue weighted by Gasteiger charge is 2.27. The molecule has 0 unspecified atom stereocenters. The monoisotopic (exact) mass is 548 g/mol. The van der Waals surface area contributed by atoms with E-state index in [1.54, 1.807) is 13.0 Å². The lowest BCUT2D eigenvalue weighted by molar-refractivity contribution is 0.193. The van der Waals surface area contributed by atoms with Gasteiger partial charge in [-0.3, -0.25) is 0 Å². The molecule has 0 saturated heterocycles. The van der Waals surface area contributed by atoms with Crippen LogP contribution in [0, 0.1) is 35.0 Å². The number of rotatable bonds is 11. The standard InChI is InChI=1S/C31H33F5O3/c1-3-5-16-38-27-15-12-23(29(34)31(27)36)21-10-13-25(24(32)17-21)39-18-19-6-8-20(9-7-19)22-11-14-26(37-4-2)30(35)28(22)33/h10-15,17,19-20H,3-9,16,18H2,1-2H3/t19-,20-. The number of unbranched alkanes of at least 4 members (excludes halogenated alkanes) is 1. The lowest BCUT2D eigenvalue weighted by Gasteiger charge is -2.29. The minimum Gasteiger partial charge on any atom is -0.491 e. The molecule has 0 aromatic heterocycles. The van der Waals surface area contributed by atoms with Gasteiger partial charge < -0.3 is 14.2 Å². The zero-order valence-electron chi connectivity index (χ0n) is 22.2. The second-order valence-electron chi connectivity index (χ2n) is 9.83. The van der Waals surface area contributed by atoms with E-state index in [-0.39, 0.29) is 60.0 Å². The Morgan fingerprint density at radius 1 is 0.692 bits per heavy atom. The number of hydrogen-bond acceptors (Lipinski definition) is 3. The van der Waals surface area contributed by atoms with Crippen molar-refractivity contribution in [3.05, 3.63) is 77.1 Å². The van der Waals surface area contributed by atoms with Crippen LogP contribution < -0.4 is 14.2 Å². The lowest BCUT2D eigenvalue weighted by atomic mass is 9.79. The highest BCUT2D eigenvalue weighted by atomic mass is 19.2. The van der Waals surface area contributed by atoms with Gasteiger partial charge in [0.05, 0.1) is 19.8 Å². The molecule has 0 bridgehead atoms. The first-order valence-electron chi connectivity index (χ1n) is 13.5. The molecule has 3 nitrogen and oxygen atoms in total. The fraction of sp³-hybridized carbons (Fsp3) is 0.419. The minimum absolute atomic E-state index is 0.0147. The molecule has 3 aromatic carbocycles. The summed E-state index contributed by atoms with van der Waals surface area (Å²) in [4.78, 5) is 0. The summed E-state index contributed by atoms with van der Waals surface area (Å²) in [5.74, 6) is -4.94. The average Bonchev–Trinajstić information content (AvgIpc) is 2.94. The van der Waals surface area contributed by atoms with E-state index in [1.807, 2.05) is 6.92 Å². The van der Waals surface area contributed by atoms with Crippen LogP contribution in [0.4, 0.5) is 22.0 Å². The summed E-state index contributed by atoms with van der Waals surface area (Å²) in [5, 5.41) is 0. The topological polar surface area (TPSA) is 27.7 Å². The predicted octanol–water partition coefficient (Wildman–Crippen LogP) is 8.98. The maximum absolute atomic E-state index is 14.8. The molecule has 0 N–H and O–H groups in total. The van der Waals surface area contributed by atoms with Gasteiger partial charge in [-0.15, -0.1) is 0 Å². The van der Waals surface area contributed by atoms with Crippen molar-refractivity contribution >= 4 is 0 Å². The van der Waals surface area contributed by atoms with Gasteiger partial charge in [-0.05, 0) is 92.3 Å². The minimum atomic E-state index is -1.10. The van der Waals surface area contributed by atoms with Crippen molar-refractivity contribution < 1.29 is 36.2 Å². The molecule has 0 spiro atoms. The van der Waals surface area contributed by atoms with Crippen LogP contribution in [-0.2, 0) is 0 Å². The zero-order chi connectivity index (χ0) is 27.9. The van der Waals surface area contributed by atoms with E-state index in [9.17, 15) is 22.0 Å². The summed E-state index contributed by atoms with van der Waals surface area (Å²) >= 11 is 0. The molecule has 1 aliphatic rings. The van der Waals surface area contributed by atoms with Crippen LogP contribution in [0.5, 0.6) is 17.2 Å². The van der Waals surface area contributed by atoms with Crippen LogP contribution in [0.3, 0.4) is 0 Å².